The number of halogens is 1. The zero-order valence-electron chi connectivity index (χ0n) is 13.3. The van der Waals surface area contributed by atoms with Gasteiger partial charge in [0, 0.05) is 11.4 Å². The van der Waals surface area contributed by atoms with E-state index in [1.807, 2.05) is 42.5 Å². The number of hydrogen-bond acceptors (Lipinski definition) is 4. The molecule has 126 valence electrons. The molecule has 0 atom stereocenters. The Morgan fingerprint density at radius 1 is 1.12 bits per heavy atom. The number of nitrogens with one attached hydrogen (secondary N) is 1. The lowest BCUT2D eigenvalue weighted by molar-refractivity contribution is -0.115. The van der Waals surface area contributed by atoms with Crippen LogP contribution in [0.2, 0.25) is 5.02 Å². The van der Waals surface area contributed by atoms with Crippen LogP contribution in [0.4, 0.5) is 0 Å². The summed E-state index contributed by atoms with van der Waals surface area (Å²) in [4.78, 5) is 16.5. The second-order valence-electron chi connectivity index (χ2n) is 5.78. The number of hydrogen-bond donors (Lipinski definition) is 1. The molecule has 2 aliphatic heterocycles. The van der Waals surface area contributed by atoms with Gasteiger partial charge in [0.25, 0.3) is 5.91 Å². The standard InChI is InChI=1S/C19H15ClN2O3/c20-14-3-1-2-12(8-14)5-7-18-21-15(19(23)22-18)9-13-4-6-16-17(10-13)25-11-24-16/h1-4,6,8-10H,5,7,11H2,(H,21,22,23)/b15-9+. The normalized spacial score (nSPS) is 16.9. The SMILES string of the molecule is O=C1NC(CCc2cccc(Cl)c2)=N/C1=C/c1ccc2c(c1)OCO2. The lowest BCUT2D eigenvalue weighted by atomic mass is 10.1. The summed E-state index contributed by atoms with van der Waals surface area (Å²) in [7, 11) is 0. The van der Waals surface area contributed by atoms with Crippen LogP contribution >= 0.6 is 11.6 Å². The first-order valence-corrected chi connectivity index (χ1v) is 8.30. The maximum Gasteiger partial charge on any atom is 0.275 e. The zero-order chi connectivity index (χ0) is 17.2. The van der Waals surface area contributed by atoms with Crippen LogP contribution in [0.1, 0.15) is 17.5 Å². The minimum Gasteiger partial charge on any atom is -0.454 e. The molecule has 0 aromatic heterocycles. The number of carbonyl (C=O) groups excluding carboxylic acids is 1. The van der Waals surface area contributed by atoms with Crippen LogP contribution in [0.5, 0.6) is 11.5 Å². The Morgan fingerprint density at radius 2 is 2.00 bits per heavy atom. The van der Waals surface area contributed by atoms with Gasteiger partial charge in [0.2, 0.25) is 6.79 Å². The van der Waals surface area contributed by atoms with E-state index in [-0.39, 0.29) is 12.7 Å². The first-order valence-electron chi connectivity index (χ1n) is 7.92. The number of nitrogens with zero attached hydrogens (tertiary/aromatic N) is 1. The maximum atomic E-state index is 12.1. The molecule has 0 spiro atoms. The molecule has 25 heavy (non-hydrogen) atoms. The number of amides is 1. The van der Waals surface area contributed by atoms with Gasteiger partial charge in [-0.15, -0.1) is 0 Å². The largest absolute Gasteiger partial charge is 0.454 e. The summed E-state index contributed by atoms with van der Waals surface area (Å²) in [5, 5.41) is 3.52. The highest BCUT2D eigenvalue weighted by molar-refractivity contribution is 6.30. The molecule has 0 saturated heterocycles. The number of aryl methyl sites for hydroxylation is 1. The molecule has 0 radical (unpaired) electrons. The van der Waals surface area contributed by atoms with Gasteiger partial charge in [-0.3, -0.25) is 4.79 Å². The van der Waals surface area contributed by atoms with E-state index < -0.39 is 0 Å². The Kier molecular flexibility index (Phi) is 4.15. The second kappa shape index (κ2) is 6.61. The quantitative estimate of drug-likeness (QED) is 0.854. The predicted octanol–water partition coefficient (Wildman–Crippen LogP) is 3.57. The third-order valence-electron chi connectivity index (χ3n) is 3.99. The van der Waals surface area contributed by atoms with Crippen LogP contribution in [-0.2, 0) is 11.2 Å². The van der Waals surface area contributed by atoms with Crippen molar-refractivity contribution in [2.75, 3.05) is 6.79 Å². The predicted molar refractivity (Wildman–Crippen MR) is 95.9 cm³/mol. The molecule has 0 bridgehead atoms. The van der Waals surface area contributed by atoms with Crippen molar-refractivity contribution in [2.24, 2.45) is 4.99 Å². The van der Waals surface area contributed by atoms with Crippen LogP contribution in [0.15, 0.2) is 53.2 Å². The number of fused-ring (bicyclic) bond motifs is 1. The molecule has 2 heterocycles. The van der Waals surface area contributed by atoms with Crippen molar-refractivity contribution in [3.8, 4) is 11.5 Å². The van der Waals surface area contributed by atoms with E-state index in [1.165, 1.54) is 0 Å². The Hall–Kier alpha value is -2.79. The fourth-order valence-corrected chi connectivity index (χ4v) is 2.96. The molecule has 0 fully saturated rings. The van der Waals surface area contributed by atoms with Crippen molar-refractivity contribution in [2.45, 2.75) is 12.8 Å². The third-order valence-corrected chi connectivity index (χ3v) is 4.22. The highest BCUT2D eigenvalue weighted by Gasteiger charge is 2.20. The Bertz CT molecular complexity index is 905. The fourth-order valence-electron chi connectivity index (χ4n) is 2.75. The molecule has 0 unspecified atom stereocenters. The van der Waals surface area contributed by atoms with Crippen molar-refractivity contribution >= 4 is 29.4 Å². The van der Waals surface area contributed by atoms with Gasteiger partial charge in [-0.2, -0.15) is 0 Å². The molecule has 0 aliphatic carbocycles. The lowest BCUT2D eigenvalue weighted by Crippen LogP contribution is -2.24. The van der Waals surface area contributed by atoms with Crippen LogP contribution in [0.25, 0.3) is 6.08 Å². The van der Waals surface area contributed by atoms with Crippen LogP contribution in [0, 0.1) is 0 Å². The molecule has 0 saturated carbocycles. The summed E-state index contributed by atoms with van der Waals surface area (Å²) >= 11 is 5.99. The molecule has 2 aromatic carbocycles. The number of amidine groups is 1. The Balaban J connectivity index is 1.48. The van der Waals surface area contributed by atoms with Gasteiger partial charge in [0.05, 0.1) is 0 Å². The van der Waals surface area contributed by atoms with Crippen molar-refractivity contribution < 1.29 is 14.3 Å². The number of benzene rings is 2. The fraction of sp³-hybridized carbons (Fsp3) is 0.158. The van der Waals surface area contributed by atoms with E-state index in [0.717, 1.165) is 17.5 Å². The molecule has 2 aliphatic rings. The number of carbonyl (C=O) groups is 1. The zero-order valence-corrected chi connectivity index (χ0v) is 14.0. The topological polar surface area (TPSA) is 59.9 Å². The molecule has 6 heteroatoms. The molecule has 5 nitrogen and oxygen atoms in total. The highest BCUT2D eigenvalue weighted by Crippen LogP contribution is 2.33. The second-order valence-corrected chi connectivity index (χ2v) is 6.22. The molecule has 1 N–H and O–H groups in total. The van der Waals surface area contributed by atoms with E-state index in [2.05, 4.69) is 10.3 Å². The van der Waals surface area contributed by atoms with Crippen LogP contribution in [0.3, 0.4) is 0 Å². The van der Waals surface area contributed by atoms with Crippen LogP contribution < -0.4 is 14.8 Å². The first-order chi connectivity index (χ1) is 12.2. The molecule has 2 aromatic rings. The molecule has 4 rings (SSSR count). The van der Waals surface area contributed by atoms with Gasteiger partial charge in [0.15, 0.2) is 11.5 Å². The van der Waals surface area contributed by atoms with Crippen molar-refractivity contribution in [1.29, 1.82) is 0 Å². The summed E-state index contributed by atoms with van der Waals surface area (Å²) in [5.74, 6) is 1.86. The van der Waals surface area contributed by atoms with Gasteiger partial charge in [-0.25, -0.2) is 4.99 Å². The molecular formula is C19H15ClN2O3. The van der Waals surface area contributed by atoms with E-state index in [1.54, 1.807) is 6.08 Å². The van der Waals surface area contributed by atoms with Gasteiger partial charge >= 0.3 is 0 Å². The minimum absolute atomic E-state index is 0.196. The smallest absolute Gasteiger partial charge is 0.275 e. The molecular weight excluding hydrogens is 340 g/mol. The van der Waals surface area contributed by atoms with E-state index in [4.69, 9.17) is 21.1 Å². The summed E-state index contributed by atoms with van der Waals surface area (Å²) in [6.45, 7) is 0.224. The third kappa shape index (κ3) is 3.51. The van der Waals surface area contributed by atoms with E-state index >= 15 is 0 Å². The number of rotatable bonds is 4. The van der Waals surface area contributed by atoms with Crippen molar-refractivity contribution in [3.05, 3.63) is 64.3 Å². The summed E-state index contributed by atoms with van der Waals surface area (Å²) < 4.78 is 10.6. The van der Waals surface area contributed by atoms with E-state index in [9.17, 15) is 4.79 Å². The molecule has 1 amide bonds. The Morgan fingerprint density at radius 3 is 2.88 bits per heavy atom. The van der Waals surface area contributed by atoms with Gasteiger partial charge in [0.1, 0.15) is 11.5 Å². The Labute approximate surface area is 149 Å². The monoisotopic (exact) mass is 354 g/mol. The van der Waals surface area contributed by atoms with E-state index in [0.29, 0.717) is 34.5 Å². The van der Waals surface area contributed by atoms with Crippen LogP contribution in [-0.4, -0.2) is 18.5 Å². The summed E-state index contributed by atoms with van der Waals surface area (Å²) in [6.07, 6.45) is 3.14. The first kappa shape index (κ1) is 15.7. The van der Waals surface area contributed by atoms with Crippen molar-refractivity contribution in [1.82, 2.24) is 5.32 Å². The lowest BCUT2D eigenvalue weighted by Gasteiger charge is -2.01. The van der Waals surface area contributed by atoms with Gasteiger partial charge in [-0.05, 0) is 47.9 Å². The van der Waals surface area contributed by atoms with Gasteiger partial charge < -0.3 is 14.8 Å². The average molecular weight is 355 g/mol. The summed E-state index contributed by atoms with van der Waals surface area (Å²) in [5.41, 5.74) is 2.34. The highest BCUT2D eigenvalue weighted by atomic mass is 35.5. The minimum atomic E-state index is -0.196. The van der Waals surface area contributed by atoms with Gasteiger partial charge in [-0.1, -0.05) is 29.8 Å². The van der Waals surface area contributed by atoms with Crippen molar-refractivity contribution in [3.63, 3.8) is 0 Å². The number of ether oxygens (including phenoxy) is 2. The average Bonchev–Trinajstić information content (AvgIpc) is 3.19. The maximum absolute atomic E-state index is 12.1. The summed E-state index contributed by atoms with van der Waals surface area (Å²) in [6, 6.07) is 13.2. The number of aliphatic imine (C=N–C) groups is 1.